The second kappa shape index (κ2) is 11.5. The van der Waals surface area contributed by atoms with Crippen LogP contribution in [0.5, 0.6) is 5.75 Å². The first kappa shape index (κ1) is 22.8. The average molecular weight is 406 g/mol. The molecule has 29 heavy (non-hydrogen) atoms. The Hall–Kier alpha value is -2.48. The summed E-state index contributed by atoms with van der Waals surface area (Å²) in [6.45, 7) is 8.41. The molecule has 1 atom stereocenters. The van der Waals surface area contributed by atoms with Crippen molar-refractivity contribution in [1.82, 2.24) is 20.0 Å². The monoisotopic (exact) mass is 405 g/mol. The van der Waals surface area contributed by atoms with Crippen molar-refractivity contribution in [2.75, 3.05) is 67.1 Å². The topological polar surface area (TPSA) is 69.6 Å². The number of ether oxygens (including phenoxy) is 2. The molecule has 2 rings (SSSR count). The highest BCUT2D eigenvalue weighted by Gasteiger charge is 2.24. The lowest BCUT2D eigenvalue weighted by molar-refractivity contribution is 0.0914. The van der Waals surface area contributed by atoms with Crippen LogP contribution in [-0.2, 0) is 4.74 Å². The summed E-state index contributed by atoms with van der Waals surface area (Å²) in [5.41, 5.74) is 1.12. The van der Waals surface area contributed by atoms with E-state index in [1.54, 1.807) is 12.0 Å². The van der Waals surface area contributed by atoms with Crippen molar-refractivity contribution in [2.45, 2.75) is 19.9 Å². The van der Waals surface area contributed by atoms with Gasteiger partial charge in [0.2, 0.25) is 0 Å². The van der Waals surface area contributed by atoms with E-state index >= 15 is 0 Å². The third-order valence-electron chi connectivity index (χ3n) is 4.98. The Morgan fingerprint density at radius 2 is 1.83 bits per heavy atom. The molecule has 1 aliphatic rings. The molecule has 0 bridgehead atoms. The van der Waals surface area contributed by atoms with Crippen LogP contribution in [0.2, 0.25) is 0 Å². The molecular weight excluding hydrogens is 370 g/mol. The van der Waals surface area contributed by atoms with Gasteiger partial charge in [-0.05, 0) is 34.0 Å². The number of benzene rings is 1. The van der Waals surface area contributed by atoms with Gasteiger partial charge in [-0.2, -0.15) is 0 Å². The number of aliphatic imine (C=N–C) groups is 1. The fraction of sp³-hybridized carbons (Fsp3) is 0.619. The summed E-state index contributed by atoms with van der Waals surface area (Å²) in [7, 11) is 5.80. The number of guanidine groups is 1. The lowest BCUT2D eigenvalue weighted by atomic mass is 10.0. The largest absolute Gasteiger partial charge is 0.496 e. The quantitative estimate of drug-likeness (QED) is 0.553. The molecule has 0 spiro atoms. The molecule has 1 N–H and O–H groups in total. The number of amides is 1. The number of piperazine rings is 1. The first-order valence-electron chi connectivity index (χ1n) is 10.3. The molecule has 1 heterocycles. The lowest BCUT2D eigenvalue weighted by Crippen LogP contribution is -2.54. The number of para-hydroxylation sites is 1. The molecule has 1 aromatic carbocycles. The Labute approximate surface area is 174 Å². The van der Waals surface area contributed by atoms with Crippen LogP contribution in [0.3, 0.4) is 0 Å². The van der Waals surface area contributed by atoms with Gasteiger partial charge in [0, 0.05) is 38.3 Å². The van der Waals surface area contributed by atoms with Gasteiger partial charge in [-0.15, -0.1) is 0 Å². The predicted octanol–water partition coefficient (Wildman–Crippen LogP) is 2.04. The molecule has 0 aliphatic carbocycles. The number of nitrogens with zero attached hydrogens (tertiary/aromatic N) is 4. The summed E-state index contributed by atoms with van der Waals surface area (Å²) in [4.78, 5) is 23.0. The highest BCUT2D eigenvalue weighted by Crippen LogP contribution is 2.28. The zero-order chi connectivity index (χ0) is 21.2. The van der Waals surface area contributed by atoms with E-state index in [-0.39, 0.29) is 12.1 Å². The van der Waals surface area contributed by atoms with Crippen LogP contribution in [0.1, 0.15) is 25.5 Å². The highest BCUT2D eigenvalue weighted by atomic mass is 16.6. The van der Waals surface area contributed by atoms with E-state index in [9.17, 15) is 4.79 Å². The number of carbonyl (C=O) groups is 1. The van der Waals surface area contributed by atoms with Crippen molar-refractivity contribution in [2.24, 2.45) is 4.99 Å². The maximum Gasteiger partial charge on any atom is 0.409 e. The van der Waals surface area contributed by atoms with Crippen LogP contribution in [-0.4, -0.2) is 93.8 Å². The van der Waals surface area contributed by atoms with Gasteiger partial charge in [-0.3, -0.25) is 4.99 Å². The second-order valence-corrected chi connectivity index (χ2v) is 7.09. The van der Waals surface area contributed by atoms with E-state index in [0.717, 1.165) is 36.9 Å². The smallest absolute Gasteiger partial charge is 0.409 e. The zero-order valence-corrected chi connectivity index (χ0v) is 18.4. The van der Waals surface area contributed by atoms with Crippen LogP contribution in [0.25, 0.3) is 0 Å². The Balaban J connectivity index is 2.10. The fourth-order valence-corrected chi connectivity index (χ4v) is 3.40. The first-order chi connectivity index (χ1) is 14.0. The van der Waals surface area contributed by atoms with Crippen LogP contribution in [0, 0.1) is 0 Å². The number of hydrogen-bond acceptors (Lipinski definition) is 5. The second-order valence-electron chi connectivity index (χ2n) is 7.09. The summed E-state index contributed by atoms with van der Waals surface area (Å²) >= 11 is 0. The van der Waals surface area contributed by atoms with E-state index in [2.05, 4.69) is 42.2 Å². The van der Waals surface area contributed by atoms with E-state index in [1.807, 2.05) is 25.1 Å². The molecule has 1 aromatic rings. The maximum absolute atomic E-state index is 11.9. The van der Waals surface area contributed by atoms with Crippen molar-refractivity contribution in [3.63, 3.8) is 0 Å². The van der Waals surface area contributed by atoms with Gasteiger partial charge in [0.1, 0.15) is 5.75 Å². The third kappa shape index (κ3) is 6.25. The van der Waals surface area contributed by atoms with E-state index < -0.39 is 0 Å². The van der Waals surface area contributed by atoms with E-state index in [4.69, 9.17) is 14.5 Å². The molecule has 1 fully saturated rings. The van der Waals surface area contributed by atoms with Gasteiger partial charge in [0.25, 0.3) is 0 Å². The Kier molecular flexibility index (Phi) is 9.05. The summed E-state index contributed by atoms with van der Waals surface area (Å²) in [5.74, 6) is 1.74. The van der Waals surface area contributed by atoms with Gasteiger partial charge in [-0.1, -0.05) is 18.2 Å². The number of carbonyl (C=O) groups excluding carboxylic acids is 1. The summed E-state index contributed by atoms with van der Waals surface area (Å²) in [6.07, 6.45) is -0.238. The molecule has 8 nitrogen and oxygen atoms in total. The molecule has 0 radical (unpaired) electrons. The molecule has 1 saturated heterocycles. The minimum atomic E-state index is -0.238. The molecular formula is C21H35N5O3. The highest BCUT2D eigenvalue weighted by molar-refractivity contribution is 5.80. The molecule has 0 saturated carbocycles. The molecule has 1 amide bonds. The molecule has 1 unspecified atom stereocenters. The minimum absolute atomic E-state index is 0.0978. The van der Waals surface area contributed by atoms with E-state index in [0.29, 0.717) is 26.2 Å². The normalized spacial score (nSPS) is 16.0. The first-order valence-corrected chi connectivity index (χ1v) is 10.3. The molecule has 1 aliphatic heterocycles. The van der Waals surface area contributed by atoms with Gasteiger partial charge >= 0.3 is 6.09 Å². The van der Waals surface area contributed by atoms with Crippen LogP contribution >= 0.6 is 0 Å². The zero-order valence-electron chi connectivity index (χ0n) is 18.4. The van der Waals surface area contributed by atoms with Gasteiger partial charge in [0.05, 0.1) is 26.3 Å². The number of rotatable bonds is 7. The van der Waals surface area contributed by atoms with Crippen LogP contribution < -0.4 is 10.1 Å². The Morgan fingerprint density at radius 3 is 2.41 bits per heavy atom. The molecule has 0 aromatic heterocycles. The van der Waals surface area contributed by atoms with Crippen molar-refractivity contribution >= 4 is 12.1 Å². The summed E-state index contributed by atoms with van der Waals surface area (Å²) in [6, 6.07) is 8.17. The predicted molar refractivity (Wildman–Crippen MR) is 116 cm³/mol. The van der Waals surface area contributed by atoms with Crippen molar-refractivity contribution < 1.29 is 14.3 Å². The van der Waals surface area contributed by atoms with Gasteiger partial charge in [-0.25, -0.2) is 4.79 Å². The standard InChI is InChI=1S/C21H35N5O3/c1-6-22-20(25-12-14-26(15-13-25)21(27)29-7-2)23-16-18(24(3)4)17-10-8-9-11-19(17)28-5/h8-11,18H,6-7,12-16H2,1-5H3,(H,22,23). The van der Waals surface area contributed by atoms with Crippen molar-refractivity contribution in [3.05, 3.63) is 29.8 Å². The maximum atomic E-state index is 11.9. The van der Waals surface area contributed by atoms with Crippen molar-refractivity contribution in [3.8, 4) is 5.75 Å². The minimum Gasteiger partial charge on any atom is -0.496 e. The third-order valence-corrected chi connectivity index (χ3v) is 4.98. The number of likely N-dealkylation sites (N-methyl/N-ethyl adjacent to an activating group) is 1. The number of methoxy groups -OCH3 is 1. The van der Waals surface area contributed by atoms with Gasteiger partial charge < -0.3 is 29.5 Å². The van der Waals surface area contributed by atoms with E-state index in [1.165, 1.54) is 0 Å². The summed E-state index contributed by atoms with van der Waals surface area (Å²) < 4.78 is 10.7. The summed E-state index contributed by atoms with van der Waals surface area (Å²) in [5, 5.41) is 3.39. The number of hydrogen-bond donors (Lipinski definition) is 1. The van der Waals surface area contributed by atoms with Crippen LogP contribution in [0.15, 0.2) is 29.3 Å². The fourth-order valence-electron chi connectivity index (χ4n) is 3.40. The van der Waals surface area contributed by atoms with Crippen molar-refractivity contribution in [1.29, 1.82) is 0 Å². The molecule has 8 heteroatoms. The van der Waals surface area contributed by atoms with Gasteiger partial charge in [0.15, 0.2) is 5.96 Å². The SMILES string of the molecule is CCNC(=NCC(c1ccccc1OC)N(C)C)N1CCN(C(=O)OCC)CC1. The molecule has 162 valence electrons. The Bertz CT molecular complexity index is 672. The number of nitrogens with one attached hydrogen (secondary N) is 1. The lowest BCUT2D eigenvalue weighted by Gasteiger charge is -2.36. The Morgan fingerprint density at radius 1 is 1.17 bits per heavy atom. The average Bonchev–Trinajstić information content (AvgIpc) is 2.73. The van der Waals surface area contributed by atoms with Crippen LogP contribution in [0.4, 0.5) is 4.79 Å².